The molecule has 1 aromatic heterocycles. The van der Waals surface area contributed by atoms with Crippen LogP contribution < -0.4 is 4.84 Å². The molecule has 0 saturated carbocycles. The normalized spacial score (nSPS) is 12.9. The van der Waals surface area contributed by atoms with E-state index in [-0.39, 0.29) is 5.41 Å². The summed E-state index contributed by atoms with van der Waals surface area (Å²) in [5.41, 5.74) is 2.15. The van der Waals surface area contributed by atoms with E-state index in [0.29, 0.717) is 21.5 Å². The standard InChI is InChI=1S/C18H22ClNOS2/c1-5-6-14(18(2,3)4)11-21-20-16(12-23-17(20)22)13-7-9-15(19)10-8-13/h5,7-10,12,14H,1,6,11H2,2-4H3. The zero-order chi connectivity index (χ0) is 17.0. The van der Waals surface area contributed by atoms with E-state index in [9.17, 15) is 0 Å². The second-order valence-electron chi connectivity index (χ2n) is 6.57. The molecule has 0 aliphatic heterocycles. The third-order valence-corrected chi connectivity index (χ3v) is 5.29. The summed E-state index contributed by atoms with van der Waals surface area (Å²) in [6, 6.07) is 7.70. The minimum Gasteiger partial charge on any atom is -0.411 e. The lowest BCUT2D eigenvalue weighted by Gasteiger charge is -2.29. The lowest BCUT2D eigenvalue weighted by Crippen LogP contribution is -2.29. The molecular formula is C18H22ClNOS2. The predicted molar refractivity (Wildman–Crippen MR) is 103 cm³/mol. The van der Waals surface area contributed by atoms with Gasteiger partial charge in [0.15, 0.2) is 3.95 Å². The van der Waals surface area contributed by atoms with Gasteiger partial charge in [-0.1, -0.05) is 50.6 Å². The molecule has 0 N–H and O–H groups in total. The number of hydrogen-bond acceptors (Lipinski definition) is 3. The Hall–Kier alpha value is -1.10. The Morgan fingerprint density at radius 3 is 2.57 bits per heavy atom. The summed E-state index contributed by atoms with van der Waals surface area (Å²) in [4.78, 5) is 6.08. The zero-order valence-corrected chi connectivity index (χ0v) is 16.1. The molecule has 1 aromatic carbocycles. The van der Waals surface area contributed by atoms with E-state index >= 15 is 0 Å². The van der Waals surface area contributed by atoms with Gasteiger partial charge in [-0.05, 0) is 36.2 Å². The molecule has 0 aliphatic rings. The number of benzene rings is 1. The van der Waals surface area contributed by atoms with Crippen molar-refractivity contribution in [1.29, 1.82) is 0 Å². The Kier molecular flexibility index (Phi) is 6.06. The second kappa shape index (κ2) is 7.65. The quantitative estimate of drug-likeness (QED) is 0.441. The van der Waals surface area contributed by atoms with Crippen molar-refractivity contribution in [3.63, 3.8) is 0 Å². The van der Waals surface area contributed by atoms with Gasteiger partial charge in [-0.3, -0.25) is 0 Å². The first-order valence-electron chi connectivity index (χ1n) is 7.53. The van der Waals surface area contributed by atoms with E-state index < -0.39 is 0 Å². The number of halogens is 1. The Balaban J connectivity index is 2.23. The highest BCUT2D eigenvalue weighted by Gasteiger charge is 2.24. The molecule has 0 amide bonds. The van der Waals surface area contributed by atoms with E-state index in [4.69, 9.17) is 28.7 Å². The van der Waals surface area contributed by atoms with Crippen LogP contribution in [0.4, 0.5) is 0 Å². The molecule has 2 rings (SSSR count). The van der Waals surface area contributed by atoms with Crippen molar-refractivity contribution >= 4 is 35.2 Å². The Morgan fingerprint density at radius 1 is 1.35 bits per heavy atom. The molecule has 2 nitrogen and oxygen atoms in total. The number of hydrogen-bond donors (Lipinski definition) is 0. The zero-order valence-electron chi connectivity index (χ0n) is 13.7. The molecule has 23 heavy (non-hydrogen) atoms. The first kappa shape index (κ1) is 18.2. The maximum absolute atomic E-state index is 6.08. The SMILES string of the molecule is C=CCC(COn1c(-c2ccc(Cl)cc2)csc1=S)C(C)(C)C. The van der Waals surface area contributed by atoms with Gasteiger partial charge >= 0.3 is 0 Å². The van der Waals surface area contributed by atoms with Crippen molar-refractivity contribution in [2.24, 2.45) is 11.3 Å². The molecular weight excluding hydrogens is 346 g/mol. The molecule has 1 heterocycles. The van der Waals surface area contributed by atoms with Crippen molar-refractivity contribution in [3.05, 3.63) is 51.3 Å². The minimum absolute atomic E-state index is 0.146. The lowest BCUT2D eigenvalue weighted by atomic mass is 9.79. The van der Waals surface area contributed by atoms with Crippen molar-refractivity contribution < 1.29 is 4.84 Å². The van der Waals surface area contributed by atoms with Gasteiger partial charge in [-0.25, -0.2) is 0 Å². The van der Waals surface area contributed by atoms with Crippen molar-refractivity contribution in [3.8, 4) is 11.3 Å². The highest BCUT2D eigenvalue weighted by Crippen LogP contribution is 2.30. The van der Waals surface area contributed by atoms with Crippen LogP contribution >= 0.6 is 35.2 Å². The molecule has 124 valence electrons. The van der Waals surface area contributed by atoms with Crippen LogP contribution in [0.2, 0.25) is 5.02 Å². The molecule has 5 heteroatoms. The number of aromatic nitrogens is 1. The first-order valence-corrected chi connectivity index (χ1v) is 9.20. The fraction of sp³-hybridized carbons (Fsp3) is 0.389. The summed E-state index contributed by atoms with van der Waals surface area (Å²) in [7, 11) is 0. The largest absolute Gasteiger partial charge is 0.411 e. The summed E-state index contributed by atoms with van der Waals surface area (Å²) >= 11 is 12.9. The smallest absolute Gasteiger partial charge is 0.197 e. The van der Waals surface area contributed by atoms with Crippen LogP contribution in [0, 0.1) is 15.3 Å². The molecule has 0 radical (unpaired) electrons. The van der Waals surface area contributed by atoms with Crippen molar-refractivity contribution in [1.82, 2.24) is 4.73 Å². The van der Waals surface area contributed by atoms with E-state index in [0.717, 1.165) is 17.7 Å². The molecule has 1 atom stereocenters. The molecule has 0 spiro atoms. The highest BCUT2D eigenvalue weighted by molar-refractivity contribution is 7.73. The summed E-state index contributed by atoms with van der Waals surface area (Å²) in [6.45, 7) is 11.1. The number of allylic oxidation sites excluding steroid dienone is 1. The summed E-state index contributed by atoms with van der Waals surface area (Å²) in [5, 5.41) is 2.74. The van der Waals surface area contributed by atoms with Crippen molar-refractivity contribution in [2.75, 3.05) is 6.61 Å². The second-order valence-corrected chi connectivity index (χ2v) is 8.51. The fourth-order valence-corrected chi connectivity index (χ4v) is 3.38. The van der Waals surface area contributed by atoms with Gasteiger partial charge in [0, 0.05) is 21.9 Å². The highest BCUT2D eigenvalue weighted by atomic mass is 35.5. The topological polar surface area (TPSA) is 14.2 Å². The van der Waals surface area contributed by atoms with Gasteiger partial charge in [0.05, 0.1) is 5.69 Å². The van der Waals surface area contributed by atoms with Crippen LogP contribution in [0.1, 0.15) is 27.2 Å². The number of nitrogens with zero attached hydrogens (tertiary/aromatic N) is 1. The lowest BCUT2D eigenvalue weighted by molar-refractivity contribution is 0.0453. The summed E-state index contributed by atoms with van der Waals surface area (Å²) in [5.74, 6) is 0.375. The Morgan fingerprint density at radius 2 is 2.00 bits per heavy atom. The molecule has 2 aromatic rings. The van der Waals surface area contributed by atoms with Gasteiger partial charge in [0.2, 0.25) is 0 Å². The monoisotopic (exact) mass is 367 g/mol. The third kappa shape index (κ3) is 4.69. The fourth-order valence-electron chi connectivity index (χ4n) is 2.27. The number of thiazole rings is 1. The molecule has 0 bridgehead atoms. The predicted octanol–water partition coefficient (Wildman–Crippen LogP) is 6.27. The average molecular weight is 368 g/mol. The number of rotatable bonds is 6. The van der Waals surface area contributed by atoms with Crippen LogP contribution in [0.25, 0.3) is 11.3 Å². The average Bonchev–Trinajstić information content (AvgIpc) is 2.84. The van der Waals surface area contributed by atoms with Crippen LogP contribution in [-0.2, 0) is 0 Å². The van der Waals surface area contributed by atoms with E-state index in [1.165, 1.54) is 11.3 Å². The first-order chi connectivity index (χ1) is 10.8. The van der Waals surface area contributed by atoms with E-state index in [2.05, 4.69) is 27.4 Å². The maximum Gasteiger partial charge on any atom is 0.197 e. The van der Waals surface area contributed by atoms with Gasteiger partial charge in [-0.15, -0.1) is 17.9 Å². The third-order valence-electron chi connectivity index (χ3n) is 3.88. The van der Waals surface area contributed by atoms with Gasteiger partial charge in [0.1, 0.15) is 6.61 Å². The van der Waals surface area contributed by atoms with Crippen LogP contribution in [0.15, 0.2) is 42.3 Å². The molecule has 0 aliphatic carbocycles. The van der Waals surface area contributed by atoms with Crippen LogP contribution in [-0.4, -0.2) is 11.3 Å². The van der Waals surface area contributed by atoms with Gasteiger partial charge in [0.25, 0.3) is 0 Å². The van der Waals surface area contributed by atoms with E-state index in [1.54, 1.807) is 4.73 Å². The maximum atomic E-state index is 6.08. The summed E-state index contributed by atoms with van der Waals surface area (Å²) in [6.07, 6.45) is 2.86. The Bertz CT molecular complexity index is 710. The van der Waals surface area contributed by atoms with Gasteiger partial charge < -0.3 is 4.84 Å². The van der Waals surface area contributed by atoms with Crippen molar-refractivity contribution in [2.45, 2.75) is 27.2 Å². The van der Waals surface area contributed by atoms with Crippen LogP contribution in [0.5, 0.6) is 0 Å². The van der Waals surface area contributed by atoms with E-state index in [1.807, 2.05) is 35.7 Å². The van der Waals surface area contributed by atoms with Gasteiger partial charge in [-0.2, -0.15) is 4.73 Å². The minimum atomic E-state index is 0.146. The van der Waals surface area contributed by atoms with Crippen LogP contribution in [0.3, 0.4) is 0 Å². The molecule has 0 fully saturated rings. The molecule has 0 saturated heterocycles. The summed E-state index contributed by atoms with van der Waals surface area (Å²) < 4.78 is 2.46. The molecule has 1 unspecified atom stereocenters. The Labute approximate surface area is 152 Å².